The molecule has 0 N–H and O–H groups in total. The number of aryl methyl sites for hydroxylation is 1. The summed E-state index contributed by atoms with van der Waals surface area (Å²) in [7, 11) is 0. The summed E-state index contributed by atoms with van der Waals surface area (Å²) in [6, 6.07) is 98.4. The van der Waals surface area contributed by atoms with Gasteiger partial charge in [0.05, 0.1) is 0 Å². The zero-order chi connectivity index (χ0) is 47.7. The molecule has 0 aromatic heterocycles. The molecule has 0 saturated carbocycles. The average molecular weight is 910 g/mol. The Labute approximate surface area is 419 Å². The molecule has 71 heavy (non-hydrogen) atoms. The van der Waals surface area contributed by atoms with Gasteiger partial charge in [-0.15, -0.1) is 0 Å². The Morgan fingerprint density at radius 2 is 0.704 bits per heavy atom. The Morgan fingerprint density at radius 1 is 0.324 bits per heavy atom. The molecule has 0 spiro atoms. The van der Waals surface area contributed by atoms with Gasteiger partial charge in [-0.25, -0.2) is 0 Å². The lowest BCUT2D eigenvalue weighted by atomic mass is 9.81. The molecule has 1 heteroatoms. The average Bonchev–Trinajstić information content (AvgIpc) is 3.66. The molecule has 0 amide bonds. The number of fused-ring (bicyclic) bond motifs is 4. The Morgan fingerprint density at radius 3 is 1.23 bits per heavy atom. The van der Waals surface area contributed by atoms with Gasteiger partial charge in [-0.3, -0.25) is 0 Å². The number of hydrogen-bond donors (Lipinski definition) is 0. The van der Waals surface area contributed by atoms with Gasteiger partial charge in [-0.05, 0) is 143 Å². The van der Waals surface area contributed by atoms with Crippen LogP contribution in [0.1, 0.15) is 54.0 Å². The summed E-state index contributed by atoms with van der Waals surface area (Å²) in [5.74, 6) is 0.251. The van der Waals surface area contributed by atoms with Gasteiger partial charge in [0, 0.05) is 28.4 Å². The van der Waals surface area contributed by atoms with E-state index in [4.69, 9.17) is 0 Å². The third kappa shape index (κ3) is 8.66. The minimum atomic E-state index is -0.193. The lowest BCUT2D eigenvalue weighted by molar-refractivity contribution is 0.657. The lowest BCUT2D eigenvalue weighted by Gasteiger charge is -2.28. The van der Waals surface area contributed by atoms with Crippen molar-refractivity contribution < 1.29 is 0 Å². The smallest absolute Gasteiger partial charge is 0.0468 e. The van der Waals surface area contributed by atoms with Crippen LogP contribution in [0.5, 0.6) is 0 Å². The van der Waals surface area contributed by atoms with Gasteiger partial charge in [0.2, 0.25) is 0 Å². The first-order chi connectivity index (χ1) is 34.9. The number of nitrogens with zero attached hydrogens (tertiary/aromatic N) is 1. The van der Waals surface area contributed by atoms with E-state index in [1.807, 2.05) is 0 Å². The molecule has 11 aromatic rings. The minimum Gasteiger partial charge on any atom is -0.310 e. The highest BCUT2D eigenvalue weighted by molar-refractivity contribution is 5.91. The molecule has 11 aromatic carbocycles. The van der Waals surface area contributed by atoms with Gasteiger partial charge >= 0.3 is 0 Å². The van der Waals surface area contributed by atoms with E-state index in [0.717, 1.165) is 29.9 Å². The van der Waals surface area contributed by atoms with E-state index < -0.39 is 0 Å². The summed E-state index contributed by atoms with van der Waals surface area (Å²) in [5, 5.41) is 2.46. The molecule has 0 atom stereocenters. The summed E-state index contributed by atoms with van der Waals surface area (Å²) >= 11 is 0. The van der Waals surface area contributed by atoms with Crippen molar-refractivity contribution in [2.24, 2.45) is 0 Å². The zero-order valence-corrected chi connectivity index (χ0v) is 40.3. The van der Waals surface area contributed by atoms with E-state index in [1.165, 1.54) is 94.2 Å². The molecule has 12 rings (SSSR count). The summed E-state index contributed by atoms with van der Waals surface area (Å²) in [4.78, 5) is 2.43. The molecule has 0 radical (unpaired) electrons. The van der Waals surface area contributed by atoms with Crippen molar-refractivity contribution in [3.05, 3.63) is 295 Å². The van der Waals surface area contributed by atoms with Crippen LogP contribution in [0.25, 0.3) is 66.4 Å². The van der Waals surface area contributed by atoms with Crippen LogP contribution >= 0.6 is 0 Å². The Bertz CT molecular complexity index is 3530. The summed E-state index contributed by atoms with van der Waals surface area (Å²) in [6.07, 6.45) is 1.98. The van der Waals surface area contributed by atoms with Crippen LogP contribution in [-0.2, 0) is 11.8 Å². The number of hydrogen-bond acceptors (Lipinski definition) is 1. The maximum absolute atomic E-state index is 2.51. The number of benzene rings is 11. The van der Waals surface area contributed by atoms with Gasteiger partial charge < -0.3 is 4.90 Å². The fraction of sp³-hybridized carbons (Fsp3) is 0.0857. The first-order valence-electron chi connectivity index (χ1n) is 25.1. The third-order valence-corrected chi connectivity index (χ3v) is 15.0. The molecule has 340 valence electrons. The summed E-state index contributed by atoms with van der Waals surface area (Å²) in [5.41, 5.74) is 22.6. The first-order valence-corrected chi connectivity index (χ1v) is 25.1. The number of rotatable bonds is 12. The quantitative estimate of drug-likeness (QED) is 0.118. The maximum Gasteiger partial charge on any atom is 0.0468 e. The predicted octanol–water partition coefficient (Wildman–Crippen LogP) is 19.0. The fourth-order valence-electron chi connectivity index (χ4n) is 11.0. The normalized spacial score (nSPS) is 12.4. The van der Waals surface area contributed by atoms with Crippen molar-refractivity contribution >= 4 is 27.8 Å². The number of anilines is 3. The highest BCUT2D eigenvalue weighted by atomic mass is 15.1. The molecule has 0 fully saturated rings. The molecule has 0 unspecified atom stereocenters. The van der Waals surface area contributed by atoms with Gasteiger partial charge in [-0.1, -0.05) is 244 Å². The van der Waals surface area contributed by atoms with Crippen molar-refractivity contribution in [3.8, 4) is 55.6 Å². The standard InChI is InChI=1S/C70H55N/c1-70(2)68-46-49(22-43-65(59-32-28-55(29-33-59)51-16-8-4-9-17-51)60-34-30-56(31-35-60)52-18-10-5-11-19-52)23-44-66(68)67-45-42-64(48-69(67)70)71(63-41-38-53-20-12-13-21-61(53)47-63)62-39-36-58(37-40-62)57-26-24-54(25-27-57)50-14-6-3-7-15-50/h3-21,23-42,44-48,65H,22,43H2,1-2H3. The molecule has 0 bridgehead atoms. The van der Waals surface area contributed by atoms with E-state index in [2.05, 4.69) is 286 Å². The molecule has 1 aliphatic rings. The lowest BCUT2D eigenvalue weighted by Crippen LogP contribution is -2.17. The second-order valence-electron chi connectivity index (χ2n) is 19.7. The molecular formula is C70H55N. The second-order valence-corrected chi connectivity index (χ2v) is 19.7. The van der Waals surface area contributed by atoms with Crippen LogP contribution in [-0.4, -0.2) is 0 Å². The van der Waals surface area contributed by atoms with Gasteiger partial charge in [0.1, 0.15) is 0 Å². The highest BCUT2D eigenvalue weighted by Crippen LogP contribution is 2.51. The second kappa shape index (κ2) is 18.8. The van der Waals surface area contributed by atoms with Gasteiger partial charge in [0.15, 0.2) is 0 Å². The van der Waals surface area contributed by atoms with Crippen LogP contribution in [0, 0.1) is 0 Å². The van der Waals surface area contributed by atoms with E-state index in [0.29, 0.717) is 0 Å². The zero-order valence-electron chi connectivity index (χ0n) is 40.3. The van der Waals surface area contributed by atoms with Crippen molar-refractivity contribution in [1.82, 2.24) is 0 Å². The Kier molecular flexibility index (Phi) is 11.6. The molecule has 0 saturated heterocycles. The van der Waals surface area contributed by atoms with Gasteiger partial charge in [0.25, 0.3) is 0 Å². The van der Waals surface area contributed by atoms with Crippen molar-refractivity contribution in [2.45, 2.75) is 38.0 Å². The Balaban J connectivity index is 0.846. The molecule has 1 nitrogen and oxygen atoms in total. The van der Waals surface area contributed by atoms with Crippen LogP contribution in [0.3, 0.4) is 0 Å². The Hall–Kier alpha value is -8.52. The fourth-order valence-corrected chi connectivity index (χ4v) is 11.0. The summed E-state index contributed by atoms with van der Waals surface area (Å²) < 4.78 is 0. The minimum absolute atomic E-state index is 0.193. The van der Waals surface area contributed by atoms with Crippen LogP contribution in [0.15, 0.2) is 267 Å². The van der Waals surface area contributed by atoms with Crippen LogP contribution in [0.2, 0.25) is 0 Å². The largest absolute Gasteiger partial charge is 0.310 e. The van der Waals surface area contributed by atoms with Crippen LogP contribution < -0.4 is 4.90 Å². The molecule has 0 heterocycles. The summed E-state index contributed by atoms with van der Waals surface area (Å²) in [6.45, 7) is 4.82. The molecule has 0 aliphatic heterocycles. The third-order valence-electron chi connectivity index (χ3n) is 15.0. The topological polar surface area (TPSA) is 3.24 Å². The van der Waals surface area contributed by atoms with Crippen molar-refractivity contribution in [3.63, 3.8) is 0 Å². The SMILES string of the molecule is CC1(C)c2cc(CCC(c3ccc(-c4ccccc4)cc3)c3ccc(-c4ccccc4)cc3)ccc2-c2ccc(N(c3ccc(-c4ccc(-c5ccccc5)cc4)cc3)c3ccc4ccccc4c3)cc21. The van der Waals surface area contributed by atoms with E-state index in [9.17, 15) is 0 Å². The molecular weight excluding hydrogens is 855 g/mol. The van der Waals surface area contributed by atoms with Gasteiger partial charge in [-0.2, -0.15) is 0 Å². The van der Waals surface area contributed by atoms with E-state index >= 15 is 0 Å². The maximum atomic E-state index is 2.51. The van der Waals surface area contributed by atoms with Crippen LogP contribution in [0.4, 0.5) is 17.1 Å². The predicted molar refractivity (Wildman–Crippen MR) is 301 cm³/mol. The molecule has 1 aliphatic carbocycles. The highest BCUT2D eigenvalue weighted by Gasteiger charge is 2.36. The monoisotopic (exact) mass is 909 g/mol. The van der Waals surface area contributed by atoms with Crippen molar-refractivity contribution in [1.29, 1.82) is 0 Å². The first kappa shape index (κ1) is 43.7. The van der Waals surface area contributed by atoms with E-state index in [-0.39, 0.29) is 11.3 Å². The van der Waals surface area contributed by atoms with E-state index in [1.54, 1.807) is 0 Å². The van der Waals surface area contributed by atoms with Crippen molar-refractivity contribution in [2.75, 3.05) is 4.90 Å².